The van der Waals surface area contributed by atoms with E-state index in [-0.39, 0.29) is 0 Å². The average Bonchev–Trinajstić information content (AvgIpc) is 3.31. The minimum absolute atomic E-state index is 0.502. The molecule has 35 heavy (non-hydrogen) atoms. The molecule has 4 heterocycles. The molecule has 0 spiro atoms. The second-order valence-electron chi connectivity index (χ2n) is 8.37. The van der Waals surface area contributed by atoms with E-state index in [0.29, 0.717) is 18.3 Å². The fraction of sp³-hybridized carbons (Fsp3) is 0.185. The van der Waals surface area contributed by atoms with Crippen molar-refractivity contribution in [2.24, 2.45) is 0 Å². The van der Waals surface area contributed by atoms with Crippen LogP contribution in [-0.4, -0.2) is 46.2 Å². The van der Waals surface area contributed by atoms with Crippen molar-refractivity contribution < 1.29 is 9.15 Å². The summed E-state index contributed by atoms with van der Waals surface area (Å²) in [7, 11) is 0. The molecule has 8 nitrogen and oxygen atoms in total. The maximum Gasteiger partial charge on any atom is 0.227 e. The number of benzene rings is 2. The van der Waals surface area contributed by atoms with Crippen molar-refractivity contribution in [3.8, 4) is 11.3 Å². The largest absolute Gasteiger partial charge is 0.440 e. The first kappa shape index (κ1) is 21.2. The molecule has 2 aromatic carbocycles. The van der Waals surface area contributed by atoms with Gasteiger partial charge in [0, 0.05) is 49.2 Å². The molecule has 0 atom stereocenters. The first-order chi connectivity index (χ1) is 17.3. The van der Waals surface area contributed by atoms with E-state index in [1.165, 1.54) is 0 Å². The number of hydrogen-bond acceptors (Lipinski definition) is 8. The number of anilines is 3. The summed E-state index contributed by atoms with van der Waals surface area (Å²) in [6.45, 7) is 3.18. The number of ether oxygens (including phenoxy) is 1. The minimum Gasteiger partial charge on any atom is -0.440 e. The highest BCUT2D eigenvalue weighted by Gasteiger charge is 2.13. The van der Waals surface area contributed by atoms with Crippen LogP contribution in [0.15, 0.2) is 83.7 Å². The number of nitrogens with one attached hydrogen (secondary N) is 1. The average molecular weight is 465 g/mol. The summed E-state index contributed by atoms with van der Waals surface area (Å²) in [5, 5.41) is 3.29. The molecule has 1 fully saturated rings. The molecular formula is C27H24N6O2. The van der Waals surface area contributed by atoms with Gasteiger partial charge in [-0.3, -0.25) is 4.98 Å². The number of fused-ring (bicyclic) bond motifs is 1. The Kier molecular flexibility index (Phi) is 5.78. The van der Waals surface area contributed by atoms with Gasteiger partial charge < -0.3 is 19.4 Å². The Balaban J connectivity index is 1.21. The number of pyridine rings is 1. The highest BCUT2D eigenvalue weighted by atomic mass is 16.5. The molecule has 5 aromatic rings. The lowest BCUT2D eigenvalue weighted by Gasteiger charge is -2.28. The molecule has 1 N–H and O–H groups in total. The molecule has 0 amide bonds. The van der Waals surface area contributed by atoms with Gasteiger partial charge in [0.15, 0.2) is 11.5 Å². The lowest BCUT2D eigenvalue weighted by atomic mass is 10.1. The molecule has 8 heteroatoms. The predicted molar refractivity (Wildman–Crippen MR) is 135 cm³/mol. The van der Waals surface area contributed by atoms with Crippen molar-refractivity contribution in [3.05, 3.63) is 90.7 Å². The lowest BCUT2D eigenvalue weighted by Crippen LogP contribution is -2.36. The zero-order valence-electron chi connectivity index (χ0n) is 19.1. The van der Waals surface area contributed by atoms with Gasteiger partial charge in [0.2, 0.25) is 5.95 Å². The summed E-state index contributed by atoms with van der Waals surface area (Å²) in [6.07, 6.45) is 6.11. The van der Waals surface area contributed by atoms with Crippen molar-refractivity contribution in [2.75, 3.05) is 36.5 Å². The second kappa shape index (κ2) is 9.52. The fourth-order valence-corrected chi connectivity index (χ4v) is 4.17. The summed E-state index contributed by atoms with van der Waals surface area (Å²) in [4.78, 5) is 20.4. The number of hydrogen-bond donors (Lipinski definition) is 1. The molecule has 0 aliphatic carbocycles. The molecule has 1 saturated heterocycles. The molecule has 0 unspecified atom stereocenters. The summed E-state index contributed by atoms with van der Waals surface area (Å²) in [5.74, 6) is 1.19. The van der Waals surface area contributed by atoms with Crippen LogP contribution in [0.1, 0.15) is 11.5 Å². The van der Waals surface area contributed by atoms with E-state index in [4.69, 9.17) is 14.1 Å². The zero-order chi connectivity index (χ0) is 23.5. The molecular weight excluding hydrogens is 440 g/mol. The molecule has 1 aliphatic rings. The van der Waals surface area contributed by atoms with Gasteiger partial charge in [-0.15, -0.1) is 0 Å². The standard InChI is InChI=1S/C27H24N6O2/c1-2-4-19(5-3-1)14-26-31-24-7-6-21(16-25(24)35-26)30-27-29-9-8-23(32-27)20-15-22(18-28-17-20)33-10-12-34-13-11-33/h1-9,15-18H,10-14H2,(H,29,30,32). The lowest BCUT2D eigenvalue weighted by molar-refractivity contribution is 0.122. The first-order valence-electron chi connectivity index (χ1n) is 11.6. The van der Waals surface area contributed by atoms with Gasteiger partial charge >= 0.3 is 0 Å². The van der Waals surface area contributed by atoms with Crippen LogP contribution in [0, 0.1) is 0 Å². The maximum atomic E-state index is 6.00. The topological polar surface area (TPSA) is 89.2 Å². The molecule has 0 bridgehead atoms. The van der Waals surface area contributed by atoms with Gasteiger partial charge in [-0.25, -0.2) is 15.0 Å². The molecule has 6 rings (SSSR count). The highest BCUT2D eigenvalue weighted by Crippen LogP contribution is 2.26. The van der Waals surface area contributed by atoms with Crippen molar-refractivity contribution in [1.82, 2.24) is 19.9 Å². The summed E-state index contributed by atoms with van der Waals surface area (Å²) in [5.41, 5.74) is 6.35. The first-order valence-corrected chi connectivity index (χ1v) is 11.6. The molecule has 0 saturated carbocycles. The zero-order valence-corrected chi connectivity index (χ0v) is 19.1. The van der Waals surface area contributed by atoms with E-state index in [2.05, 4.69) is 43.4 Å². The van der Waals surface area contributed by atoms with E-state index in [1.807, 2.05) is 54.9 Å². The van der Waals surface area contributed by atoms with Gasteiger partial charge in [-0.1, -0.05) is 30.3 Å². The third kappa shape index (κ3) is 4.83. The normalized spacial score (nSPS) is 13.8. The Labute approximate surface area is 202 Å². The number of rotatable bonds is 6. The van der Waals surface area contributed by atoms with Crippen molar-refractivity contribution in [3.63, 3.8) is 0 Å². The molecule has 3 aromatic heterocycles. The summed E-state index contributed by atoms with van der Waals surface area (Å²) in [6, 6.07) is 20.0. The van der Waals surface area contributed by atoms with Crippen LogP contribution in [0.2, 0.25) is 0 Å². The van der Waals surface area contributed by atoms with Crippen LogP contribution in [-0.2, 0) is 11.2 Å². The number of oxazole rings is 1. The fourth-order valence-electron chi connectivity index (χ4n) is 4.17. The predicted octanol–water partition coefficient (Wildman–Crippen LogP) is 4.85. The van der Waals surface area contributed by atoms with E-state index in [0.717, 1.165) is 65.6 Å². The third-order valence-corrected chi connectivity index (χ3v) is 5.94. The smallest absolute Gasteiger partial charge is 0.227 e. The number of nitrogens with zero attached hydrogens (tertiary/aromatic N) is 5. The molecule has 0 radical (unpaired) electrons. The Hall–Kier alpha value is -4.30. The molecule has 1 aliphatic heterocycles. The maximum absolute atomic E-state index is 6.00. The van der Waals surface area contributed by atoms with Crippen molar-refractivity contribution >= 4 is 28.4 Å². The van der Waals surface area contributed by atoms with Gasteiger partial charge in [0.05, 0.1) is 30.8 Å². The van der Waals surface area contributed by atoms with Crippen LogP contribution in [0.3, 0.4) is 0 Å². The number of morpholine rings is 1. The van der Waals surface area contributed by atoms with E-state index in [1.54, 1.807) is 6.20 Å². The van der Waals surface area contributed by atoms with Crippen molar-refractivity contribution in [2.45, 2.75) is 6.42 Å². The van der Waals surface area contributed by atoms with Gasteiger partial charge in [0.25, 0.3) is 0 Å². The number of aromatic nitrogens is 4. The Morgan fingerprint density at radius 3 is 2.69 bits per heavy atom. The van der Waals surface area contributed by atoms with Gasteiger partial charge in [0.1, 0.15) is 5.52 Å². The van der Waals surface area contributed by atoms with Crippen LogP contribution in [0.5, 0.6) is 0 Å². The van der Waals surface area contributed by atoms with Crippen molar-refractivity contribution in [1.29, 1.82) is 0 Å². The van der Waals surface area contributed by atoms with Gasteiger partial charge in [-0.05, 0) is 29.8 Å². The van der Waals surface area contributed by atoms with Gasteiger partial charge in [-0.2, -0.15) is 0 Å². The molecule has 174 valence electrons. The second-order valence-corrected chi connectivity index (χ2v) is 8.37. The van der Waals surface area contributed by atoms with E-state index >= 15 is 0 Å². The van der Waals surface area contributed by atoms with E-state index < -0.39 is 0 Å². The van der Waals surface area contributed by atoms with Crippen LogP contribution < -0.4 is 10.2 Å². The Bertz CT molecular complexity index is 1450. The summed E-state index contributed by atoms with van der Waals surface area (Å²) < 4.78 is 11.5. The SMILES string of the molecule is c1ccc(Cc2nc3ccc(Nc4nccc(-c5cncc(N6CCOCC6)c5)n4)cc3o2)cc1. The van der Waals surface area contributed by atoms with Crippen LogP contribution in [0.25, 0.3) is 22.4 Å². The quantitative estimate of drug-likeness (QED) is 0.381. The Morgan fingerprint density at radius 1 is 0.914 bits per heavy atom. The van der Waals surface area contributed by atoms with E-state index in [9.17, 15) is 0 Å². The van der Waals surface area contributed by atoms with Crippen LogP contribution >= 0.6 is 0 Å². The minimum atomic E-state index is 0.502. The monoisotopic (exact) mass is 464 g/mol. The Morgan fingerprint density at radius 2 is 1.80 bits per heavy atom. The summed E-state index contributed by atoms with van der Waals surface area (Å²) >= 11 is 0. The highest BCUT2D eigenvalue weighted by molar-refractivity contribution is 5.78. The van der Waals surface area contributed by atoms with Crippen LogP contribution in [0.4, 0.5) is 17.3 Å². The third-order valence-electron chi connectivity index (χ3n) is 5.94.